The van der Waals surface area contributed by atoms with Gasteiger partial charge in [0.2, 0.25) is 5.95 Å². The average Bonchev–Trinajstić information content (AvgIpc) is 2.64. The Morgan fingerprint density at radius 1 is 1.43 bits per heavy atom. The van der Waals surface area contributed by atoms with Crippen molar-refractivity contribution < 1.29 is 0 Å². The van der Waals surface area contributed by atoms with Gasteiger partial charge in [-0.3, -0.25) is 0 Å². The van der Waals surface area contributed by atoms with Crippen LogP contribution in [0.1, 0.15) is 5.56 Å². The second-order valence-corrected chi connectivity index (χ2v) is 3.69. The molecule has 0 amide bonds. The number of hydrogen-bond acceptors (Lipinski definition) is 5. The summed E-state index contributed by atoms with van der Waals surface area (Å²) in [5.41, 5.74) is 6.48. The monoisotopic (exact) mass is 207 g/mol. The fourth-order valence-corrected chi connectivity index (χ4v) is 1.72. The topological polar surface area (TPSA) is 80.5 Å². The Labute approximate surface area is 85.2 Å². The number of aromatic amines is 1. The number of nitrogens with two attached hydrogens (primary N) is 1. The summed E-state index contributed by atoms with van der Waals surface area (Å²) >= 11 is 1.44. The number of aromatic nitrogens is 4. The van der Waals surface area contributed by atoms with Crippen LogP contribution in [0.25, 0.3) is 0 Å². The lowest BCUT2D eigenvalue weighted by atomic mass is 10.4. The molecule has 6 heteroatoms. The molecule has 3 N–H and O–H groups in total. The fourth-order valence-electron chi connectivity index (χ4n) is 0.941. The van der Waals surface area contributed by atoms with Crippen molar-refractivity contribution in [3.05, 3.63) is 24.2 Å². The zero-order valence-corrected chi connectivity index (χ0v) is 8.38. The quantitative estimate of drug-likeness (QED) is 0.724. The number of nitrogens with zero attached hydrogens (tertiary/aromatic N) is 3. The molecule has 0 saturated carbocycles. The Bertz CT molecular complexity index is 425. The van der Waals surface area contributed by atoms with Crippen molar-refractivity contribution in [3.63, 3.8) is 0 Å². The van der Waals surface area contributed by atoms with Crippen molar-refractivity contribution in [3.8, 4) is 0 Å². The van der Waals surface area contributed by atoms with E-state index in [0.717, 1.165) is 15.7 Å². The first-order valence-electron chi connectivity index (χ1n) is 4.02. The van der Waals surface area contributed by atoms with Gasteiger partial charge in [-0.2, -0.15) is 0 Å². The molecule has 2 aromatic rings. The second kappa shape index (κ2) is 3.67. The van der Waals surface area contributed by atoms with Crippen molar-refractivity contribution in [2.24, 2.45) is 0 Å². The van der Waals surface area contributed by atoms with E-state index >= 15 is 0 Å². The van der Waals surface area contributed by atoms with Gasteiger partial charge in [-0.15, -0.1) is 0 Å². The van der Waals surface area contributed by atoms with Crippen molar-refractivity contribution in [1.82, 2.24) is 19.9 Å². The molecule has 0 bridgehead atoms. The molecule has 14 heavy (non-hydrogen) atoms. The second-order valence-electron chi connectivity index (χ2n) is 2.71. The molecule has 0 aliphatic rings. The minimum atomic E-state index is 0.282. The van der Waals surface area contributed by atoms with E-state index in [0.29, 0.717) is 0 Å². The molecule has 2 aromatic heterocycles. The summed E-state index contributed by atoms with van der Waals surface area (Å²) in [7, 11) is 0. The third kappa shape index (κ3) is 1.85. The highest BCUT2D eigenvalue weighted by molar-refractivity contribution is 7.99. The number of imidazole rings is 1. The van der Waals surface area contributed by atoms with Crippen LogP contribution in [-0.4, -0.2) is 19.9 Å². The maximum atomic E-state index is 5.49. The molecule has 72 valence electrons. The van der Waals surface area contributed by atoms with Crippen LogP contribution < -0.4 is 5.73 Å². The third-order valence-electron chi connectivity index (χ3n) is 1.61. The maximum Gasteiger partial charge on any atom is 0.221 e. The van der Waals surface area contributed by atoms with Crippen molar-refractivity contribution in [2.75, 3.05) is 5.73 Å². The number of rotatable bonds is 2. The third-order valence-corrected chi connectivity index (χ3v) is 2.63. The minimum absolute atomic E-state index is 0.282. The maximum absolute atomic E-state index is 5.49. The van der Waals surface area contributed by atoms with E-state index in [1.54, 1.807) is 18.6 Å². The fraction of sp³-hybridized carbons (Fsp3) is 0.125. The van der Waals surface area contributed by atoms with Crippen LogP contribution in [0.15, 0.2) is 28.8 Å². The van der Waals surface area contributed by atoms with E-state index in [2.05, 4.69) is 19.9 Å². The Morgan fingerprint density at radius 3 is 3.00 bits per heavy atom. The number of nitrogens with one attached hydrogen (secondary N) is 1. The highest BCUT2D eigenvalue weighted by Gasteiger charge is 2.05. The summed E-state index contributed by atoms with van der Waals surface area (Å²) in [5.74, 6) is 0.282. The van der Waals surface area contributed by atoms with E-state index in [4.69, 9.17) is 5.73 Å². The van der Waals surface area contributed by atoms with Crippen LogP contribution >= 0.6 is 11.8 Å². The standard InChI is InChI=1S/C8H9N5S/c1-5-4-12-7(9)13-6(5)14-8-10-2-3-11-8/h2-4H,1H3,(H,10,11)(H2,9,12,13). The molecule has 0 atom stereocenters. The van der Waals surface area contributed by atoms with Crippen LogP contribution in [0.3, 0.4) is 0 Å². The molecule has 2 heterocycles. The van der Waals surface area contributed by atoms with E-state index in [-0.39, 0.29) is 5.95 Å². The molecule has 0 fully saturated rings. The number of nitrogen functional groups attached to an aromatic ring is 1. The molecule has 5 nitrogen and oxygen atoms in total. The molecule has 0 aliphatic heterocycles. The van der Waals surface area contributed by atoms with Crippen LogP contribution in [-0.2, 0) is 0 Å². The van der Waals surface area contributed by atoms with Gasteiger partial charge in [0.25, 0.3) is 0 Å². The van der Waals surface area contributed by atoms with Crippen molar-refractivity contribution >= 4 is 17.7 Å². The molecule has 0 aliphatic carbocycles. The van der Waals surface area contributed by atoms with Crippen molar-refractivity contribution in [2.45, 2.75) is 17.1 Å². The normalized spacial score (nSPS) is 10.4. The minimum Gasteiger partial charge on any atom is -0.368 e. The average molecular weight is 207 g/mol. The Balaban J connectivity index is 2.28. The van der Waals surface area contributed by atoms with Crippen LogP contribution in [0.5, 0.6) is 0 Å². The van der Waals surface area contributed by atoms with Gasteiger partial charge >= 0.3 is 0 Å². The van der Waals surface area contributed by atoms with Gasteiger partial charge in [0.05, 0.1) is 0 Å². The summed E-state index contributed by atoms with van der Waals surface area (Å²) in [5, 5.41) is 1.62. The summed E-state index contributed by atoms with van der Waals surface area (Å²) in [6.45, 7) is 1.94. The lowest BCUT2D eigenvalue weighted by molar-refractivity contribution is 0.996. The zero-order chi connectivity index (χ0) is 9.97. The predicted octanol–water partition coefficient (Wildman–Crippen LogP) is 1.24. The van der Waals surface area contributed by atoms with Crippen LogP contribution in [0, 0.1) is 6.92 Å². The van der Waals surface area contributed by atoms with Crippen molar-refractivity contribution in [1.29, 1.82) is 0 Å². The number of hydrogen-bond donors (Lipinski definition) is 2. The lowest BCUT2D eigenvalue weighted by Gasteiger charge is -2.01. The molecule has 0 unspecified atom stereocenters. The van der Waals surface area contributed by atoms with Crippen LogP contribution in [0.4, 0.5) is 5.95 Å². The molecule has 2 rings (SSSR count). The van der Waals surface area contributed by atoms with Gasteiger partial charge in [-0.05, 0) is 18.7 Å². The Morgan fingerprint density at radius 2 is 2.29 bits per heavy atom. The van der Waals surface area contributed by atoms with E-state index in [9.17, 15) is 0 Å². The highest BCUT2D eigenvalue weighted by atomic mass is 32.2. The van der Waals surface area contributed by atoms with Gasteiger partial charge in [0.15, 0.2) is 5.16 Å². The van der Waals surface area contributed by atoms with E-state index in [1.807, 2.05) is 6.92 Å². The smallest absolute Gasteiger partial charge is 0.221 e. The number of H-pyrrole nitrogens is 1. The zero-order valence-electron chi connectivity index (χ0n) is 7.56. The van der Waals surface area contributed by atoms with Gasteiger partial charge in [-0.1, -0.05) is 0 Å². The predicted molar refractivity (Wildman–Crippen MR) is 53.9 cm³/mol. The van der Waals surface area contributed by atoms with Crippen LogP contribution in [0.2, 0.25) is 0 Å². The Kier molecular flexibility index (Phi) is 2.36. The van der Waals surface area contributed by atoms with E-state index < -0.39 is 0 Å². The Hall–Kier alpha value is -1.56. The SMILES string of the molecule is Cc1cnc(N)nc1Sc1ncc[nH]1. The van der Waals surface area contributed by atoms with Gasteiger partial charge in [-0.25, -0.2) is 15.0 Å². The molecule has 0 saturated heterocycles. The summed E-state index contributed by atoms with van der Waals surface area (Å²) in [6.07, 6.45) is 5.16. The molecular weight excluding hydrogens is 198 g/mol. The molecular formula is C8H9N5S. The molecule has 0 spiro atoms. The van der Waals surface area contributed by atoms with Gasteiger partial charge in [0.1, 0.15) is 5.03 Å². The molecule has 0 aromatic carbocycles. The molecule has 0 radical (unpaired) electrons. The number of anilines is 1. The van der Waals surface area contributed by atoms with E-state index in [1.165, 1.54) is 11.8 Å². The first-order chi connectivity index (χ1) is 6.75. The summed E-state index contributed by atoms with van der Waals surface area (Å²) in [4.78, 5) is 15.1. The number of aryl methyl sites for hydroxylation is 1. The summed E-state index contributed by atoms with van der Waals surface area (Å²) < 4.78 is 0. The van der Waals surface area contributed by atoms with Gasteiger partial charge in [0, 0.05) is 24.2 Å². The first-order valence-corrected chi connectivity index (χ1v) is 4.83. The summed E-state index contributed by atoms with van der Waals surface area (Å²) in [6, 6.07) is 0. The largest absolute Gasteiger partial charge is 0.368 e. The lowest BCUT2D eigenvalue weighted by Crippen LogP contribution is -1.97. The van der Waals surface area contributed by atoms with Gasteiger partial charge < -0.3 is 10.7 Å². The first kappa shape index (κ1) is 9.01. The highest BCUT2D eigenvalue weighted by Crippen LogP contribution is 2.25.